The molecule has 0 radical (unpaired) electrons. The summed E-state index contributed by atoms with van der Waals surface area (Å²) in [6.07, 6.45) is 0. The SMILES string of the molecule is COc1cccc(OC)c1-c1cccc(NO)c1. The first kappa shape index (κ1) is 12.3. The molecular weight excluding hydrogens is 230 g/mol. The molecule has 0 spiro atoms. The monoisotopic (exact) mass is 245 g/mol. The third-order valence-electron chi connectivity index (χ3n) is 2.71. The van der Waals surface area contributed by atoms with Gasteiger partial charge in [0.25, 0.3) is 0 Å². The second kappa shape index (κ2) is 5.42. The summed E-state index contributed by atoms with van der Waals surface area (Å²) in [6, 6.07) is 13.0. The highest BCUT2D eigenvalue weighted by Gasteiger charge is 2.12. The van der Waals surface area contributed by atoms with Crippen molar-refractivity contribution in [2.24, 2.45) is 0 Å². The predicted molar refractivity (Wildman–Crippen MR) is 70.4 cm³/mol. The molecule has 0 fully saturated rings. The summed E-state index contributed by atoms with van der Waals surface area (Å²) >= 11 is 0. The minimum Gasteiger partial charge on any atom is -0.496 e. The molecule has 94 valence electrons. The molecule has 0 aliphatic heterocycles. The number of ether oxygens (including phenoxy) is 2. The van der Waals surface area contributed by atoms with E-state index in [-0.39, 0.29) is 0 Å². The molecule has 0 atom stereocenters. The van der Waals surface area contributed by atoms with Gasteiger partial charge in [0.15, 0.2) is 0 Å². The van der Waals surface area contributed by atoms with Crippen molar-refractivity contribution in [3.05, 3.63) is 42.5 Å². The normalized spacial score (nSPS) is 9.94. The van der Waals surface area contributed by atoms with Gasteiger partial charge in [-0.1, -0.05) is 18.2 Å². The summed E-state index contributed by atoms with van der Waals surface area (Å²) in [5.41, 5.74) is 4.51. The molecule has 4 nitrogen and oxygen atoms in total. The lowest BCUT2D eigenvalue weighted by Crippen LogP contribution is -1.94. The van der Waals surface area contributed by atoms with Gasteiger partial charge in [-0.05, 0) is 29.8 Å². The second-order valence-corrected chi connectivity index (χ2v) is 3.73. The zero-order valence-corrected chi connectivity index (χ0v) is 10.3. The lowest BCUT2D eigenvalue weighted by molar-refractivity contribution is 0.389. The maximum Gasteiger partial charge on any atom is 0.130 e. The Hall–Kier alpha value is -2.20. The van der Waals surface area contributed by atoms with Crippen LogP contribution in [0.2, 0.25) is 0 Å². The van der Waals surface area contributed by atoms with E-state index in [1.807, 2.05) is 36.4 Å². The van der Waals surface area contributed by atoms with Gasteiger partial charge in [0.1, 0.15) is 11.5 Å². The van der Waals surface area contributed by atoms with Crippen molar-refractivity contribution in [2.75, 3.05) is 19.7 Å². The average Bonchev–Trinajstić information content (AvgIpc) is 2.46. The molecule has 0 saturated heterocycles. The maximum atomic E-state index is 8.95. The minimum absolute atomic E-state index is 0.612. The van der Waals surface area contributed by atoms with Gasteiger partial charge in [0.05, 0.1) is 25.5 Å². The first-order chi connectivity index (χ1) is 8.80. The van der Waals surface area contributed by atoms with E-state index in [2.05, 4.69) is 5.48 Å². The molecule has 0 aliphatic rings. The van der Waals surface area contributed by atoms with Crippen LogP contribution in [0.3, 0.4) is 0 Å². The van der Waals surface area contributed by atoms with Crippen molar-refractivity contribution in [3.8, 4) is 22.6 Å². The molecule has 0 amide bonds. The van der Waals surface area contributed by atoms with Crippen molar-refractivity contribution < 1.29 is 14.7 Å². The molecule has 18 heavy (non-hydrogen) atoms. The standard InChI is InChI=1S/C14H15NO3/c1-17-12-7-4-8-13(18-2)14(12)10-5-3-6-11(9-10)15-16/h3-9,15-16H,1-2H3. The van der Waals surface area contributed by atoms with Crippen LogP contribution in [0.15, 0.2) is 42.5 Å². The Morgan fingerprint density at radius 3 is 2.11 bits per heavy atom. The van der Waals surface area contributed by atoms with Gasteiger partial charge in [-0.15, -0.1) is 0 Å². The molecule has 4 heteroatoms. The van der Waals surface area contributed by atoms with Gasteiger partial charge in [0.2, 0.25) is 0 Å². The van der Waals surface area contributed by atoms with E-state index in [1.165, 1.54) is 0 Å². The van der Waals surface area contributed by atoms with Crippen LogP contribution in [0, 0.1) is 0 Å². The smallest absolute Gasteiger partial charge is 0.130 e. The van der Waals surface area contributed by atoms with E-state index < -0.39 is 0 Å². The number of hydrogen-bond donors (Lipinski definition) is 2. The lowest BCUT2D eigenvalue weighted by atomic mass is 10.0. The largest absolute Gasteiger partial charge is 0.496 e. The number of anilines is 1. The Labute approximate surface area is 106 Å². The Kier molecular flexibility index (Phi) is 3.69. The summed E-state index contributed by atoms with van der Waals surface area (Å²) in [6.45, 7) is 0. The van der Waals surface area contributed by atoms with Gasteiger partial charge < -0.3 is 9.47 Å². The van der Waals surface area contributed by atoms with E-state index in [4.69, 9.17) is 14.7 Å². The van der Waals surface area contributed by atoms with Gasteiger partial charge in [0, 0.05) is 0 Å². The zero-order valence-electron chi connectivity index (χ0n) is 10.3. The summed E-state index contributed by atoms with van der Waals surface area (Å²) in [5.74, 6) is 1.45. The van der Waals surface area contributed by atoms with Crippen LogP contribution in [0.1, 0.15) is 0 Å². The number of nitrogens with one attached hydrogen (secondary N) is 1. The second-order valence-electron chi connectivity index (χ2n) is 3.73. The fraction of sp³-hybridized carbons (Fsp3) is 0.143. The molecule has 0 aliphatic carbocycles. The van der Waals surface area contributed by atoms with Crippen molar-refractivity contribution in [2.45, 2.75) is 0 Å². The van der Waals surface area contributed by atoms with Crippen LogP contribution in [0.4, 0.5) is 5.69 Å². The van der Waals surface area contributed by atoms with E-state index in [0.717, 1.165) is 22.6 Å². The maximum absolute atomic E-state index is 8.95. The van der Waals surface area contributed by atoms with Crippen LogP contribution in [0.5, 0.6) is 11.5 Å². The topological polar surface area (TPSA) is 50.7 Å². The van der Waals surface area contributed by atoms with Gasteiger partial charge in [-0.25, -0.2) is 0 Å². The summed E-state index contributed by atoms with van der Waals surface area (Å²) in [4.78, 5) is 0. The Morgan fingerprint density at radius 2 is 1.56 bits per heavy atom. The zero-order chi connectivity index (χ0) is 13.0. The Balaban J connectivity index is 2.60. The highest BCUT2D eigenvalue weighted by atomic mass is 16.5. The number of hydrogen-bond acceptors (Lipinski definition) is 4. The Morgan fingerprint density at radius 1 is 0.944 bits per heavy atom. The molecule has 0 aromatic heterocycles. The summed E-state index contributed by atoms with van der Waals surface area (Å²) in [7, 11) is 3.23. The molecule has 2 N–H and O–H groups in total. The Bertz CT molecular complexity index is 518. The summed E-state index contributed by atoms with van der Waals surface area (Å²) < 4.78 is 10.7. The fourth-order valence-electron chi connectivity index (χ4n) is 1.88. The van der Waals surface area contributed by atoms with Crippen molar-refractivity contribution in [1.82, 2.24) is 0 Å². The van der Waals surface area contributed by atoms with Crippen molar-refractivity contribution in [3.63, 3.8) is 0 Å². The fourth-order valence-corrected chi connectivity index (χ4v) is 1.88. The van der Waals surface area contributed by atoms with Crippen molar-refractivity contribution >= 4 is 5.69 Å². The minimum atomic E-state index is 0.612. The third-order valence-corrected chi connectivity index (χ3v) is 2.71. The highest BCUT2D eigenvalue weighted by molar-refractivity contribution is 5.78. The molecule has 0 heterocycles. The molecule has 0 saturated carbocycles. The first-order valence-corrected chi connectivity index (χ1v) is 5.51. The predicted octanol–water partition coefficient (Wildman–Crippen LogP) is 3.17. The third kappa shape index (κ3) is 2.24. The first-order valence-electron chi connectivity index (χ1n) is 5.51. The molecule has 2 rings (SSSR count). The van der Waals surface area contributed by atoms with Crippen molar-refractivity contribution in [1.29, 1.82) is 0 Å². The highest BCUT2D eigenvalue weighted by Crippen LogP contribution is 2.38. The number of rotatable bonds is 4. The van der Waals surface area contributed by atoms with E-state index >= 15 is 0 Å². The lowest BCUT2D eigenvalue weighted by Gasteiger charge is -2.13. The van der Waals surface area contributed by atoms with Crippen LogP contribution in [-0.2, 0) is 0 Å². The van der Waals surface area contributed by atoms with E-state index in [9.17, 15) is 0 Å². The molecule has 2 aromatic rings. The van der Waals surface area contributed by atoms with Crippen LogP contribution in [0.25, 0.3) is 11.1 Å². The summed E-state index contributed by atoms with van der Waals surface area (Å²) in [5, 5.41) is 8.95. The quantitative estimate of drug-likeness (QED) is 0.812. The molecule has 0 unspecified atom stereocenters. The van der Waals surface area contributed by atoms with Gasteiger partial charge in [-0.2, -0.15) is 0 Å². The van der Waals surface area contributed by atoms with Gasteiger partial charge in [-0.3, -0.25) is 10.7 Å². The van der Waals surface area contributed by atoms with E-state index in [1.54, 1.807) is 20.3 Å². The van der Waals surface area contributed by atoms with Crippen LogP contribution < -0.4 is 15.0 Å². The van der Waals surface area contributed by atoms with E-state index in [0.29, 0.717) is 5.69 Å². The van der Waals surface area contributed by atoms with Gasteiger partial charge >= 0.3 is 0 Å². The molecule has 2 aromatic carbocycles. The number of methoxy groups -OCH3 is 2. The van der Waals surface area contributed by atoms with Crippen LogP contribution in [-0.4, -0.2) is 19.4 Å². The van der Waals surface area contributed by atoms with Crippen LogP contribution >= 0.6 is 0 Å². The molecular formula is C14H15NO3. The molecule has 0 bridgehead atoms. The average molecular weight is 245 g/mol. The number of benzene rings is 2.